The monoisotopic (exact) mass is 296 g/mol. The van der Waals surface area contributed by atoms with Gasteiger partial charge in [0.25, 0.3) is 5.91 Å². The number of hydrogen-bond acceptors (Lipinski definition) is 2. The number of pyridine rings is 1. The first kappa shape index (κ1) is 12.6. The number of piperidine rings is 1. The molecule has 1 saturated heterocycles. The van der Waals surface area contributed by atoms with E-state index < -0.39 is 0 Å². The molecule has 1 aliphatic rings. The predicted octanol–water partition coefficient (Wildman–Crippen LogP) is 2.96. The fourth-order valence-corrected chi connectivity index (χ4v) is 2.37. The molecule has 4 heteroatoms. The Hall–Kier alpha value is -0.900. The summed E-state index contributed by atoms with van der Waals surface area (Å²) >= 11 is 3.27. The van der Waals surface area contributed by atoms with E-state index in [-0.39, 0.29) is 5.91 Å². The van der Waals surface area contributed by atoms with Gasteiger partial charge in [0, 0.05) is 19.3 Å². The van der Waals surface area contributed by atoms with E-state index in [0.29, 0.717) is 17.4 Å². The summed E-state index contributed by atoms with van der Waals surface area (Å²) in [4.78, 5) is 18.3. The molecule has 2 rings (SSSR count). The minimum atomic E-state index is 0.101. The lowest BCUT2D eigenvalue weighted by Crippen LogP contribution is -2.42. The first-order valence-corrected chi connectivity index (χ1v) is 6.78. The van der Waals surface area contributed by atoms with E-state index in [1.165, 1.54) is 0 Å². The molecule has 17 heavy (non-hydrogen) atoms. The fourth-order valence-electron chi connectivity index (χ4n) is 2.13. The zero-order chi connectivity index (χ0) is 12.4. The average Bonchev–Trinajstić information content (AvgIpc) is 2.33. The van der Waals surface area contributed by atoms with Crippen molar-refractivity contribution in [3.05, 3.63) is 28.5 Å². The summed E-state index contributed by atoms with van der Waals surface area (Å²) in [5.74, 6) is 1.39. The zero-order valence-corrected chi connectivity index (χ0v) is 11.8. The van der Waals surface area contributed by atoms with E-state index in [2.05, 4.69) is 34.8 Å². The summed E-state index contributed by atoms with van der Waals surface area (Å²) in [5.41, 5.74) is 0.676. The number of carbonyl (C=O) groups is 1. The summed E-state index contributed by atoms with van der Waals surface area (Å²) in [6.07, 6.45) is 2.73. The molecule has 0 radical (unpaired) electrons. The molecule has 1 fully saturated rings. The largest absolute Gasteiger partial charge is 0.338 e. The second-order valence-corrected chi connectivity index (χ2v) is 5.68. The molecule has 1 aromatic heterocycles. The Kier molecular flexibility index (Phi) is 3.82. The van der Waals surface area contributed by atoms with Gasteiger partial charge in [-0.1, -0.05) is 13.8 Å². The van der Waals surface area contributed by atoms with E-state index in [9.17, 15) is 4.79 Å². The molecule has 1 amide bonds. The molecule has 2 atom stereocenters. The van der Waals surface area contributed by atoms with Crippen molar-refractivity contribution in [1.82, 2.24) is 9.88 Å². The number of carbonyl (C=O) groups excluding carboxylic acids is 1. The van der Waals surface area contributed by atoms with E-state index in [1.807, 2.05) is 17.0 Å². The van der Waals surface area contributed by atoms with Gasteiger partial charge in [-0.2, -0.15) is 0 Å². The van der Waals surface area contributed by atoms with Gasteiger partial charge in [-0.3, -0.25) is 4.79 Å². The molecule has 1 aliphatic heterocycles. The molecule has 1 aromatic rings. The third-order valence-corrected chi connectivity index (χ3v) is 4.06. The van der Waals surface area contributed by atoms with Crippen LogP contribution in [0, 0.1) is 11.8 Å². The van der Waals surface area contributed by atoms with E-state index in [1.54, 1.807) is 6.20 Å². The van der Waals surface area contributed by atoms with Crippen molar-refractivity contribution in [2.24, 2.45) is 11.8 Å². The molecule has 0 saturated carbocycles. The molecule has 0 bridgehead atoms. The standard InChI is InChI=1S/C13H17BrN2O/c1-9-5-6-16(8-10(9)2)13(17)11-3-4-12(14)15-7-11/h3-4,7,9-10H,5-6,8H2,1-2H3. The Labute approximate surface area is 110 Å². The van der Waals surface area contributed by atoms with Crippen LogP contribution in [-0.4, -0.2) is 28.9 Å². The highest BCUT2D eigenvalue weighted by molar-refractivity contribution is 9.10. The number of hydrogen-bond donors (Lipinski definition) is 0. The van der Waals surface area contributed by atoms with Crippen molar-refractivity contribution in [3.8, 4) is 0 Å². The Morgan fingerprint density at radius 1 is 1.41 bits per heavy atom. The maximum atomic E-state index is 12.2. The van der Waals surface area contributed by atoms with Gasteiger partial charge in [-0.15, -0.1) is 0 Å². The predicted molar refractivity (Wildman–Crippen MR) is 70.8 cm³/mol. The second kappa shape index (κ2) is 5.17. The molecule has 3 nitrogen and oxygen atoms in total. The van der Waals surface area contributed by atoms with Crippen LogP contribution in [0.15, 0.2) is 22.9 Å². The Bertz CT molecular complexity index is 404. The van der Waals surface area contributed by atoms with E-state index in [4.69, 9.17) is 0 Å². The van der Waals surface area contributed by atoms with Gasteiger partial charge in [0.15, 0.2) is 0 Å². The normalized spacial score (nSPS) is 24.8. The molecule has 0 aromatic carbocycles. The van der Waals surface area contributed by atoms with Crippen LogP contribution in [0.1, 0.15) is 30.6 Å². The van der Waals surface area contributed by atoms with Crippen molar-refractivity contribution in [2.45, 2.75) is 20.3 Å². The van der Waals surface area contributed by atoms with Crippen molar-refractivity contribution in [2.75, 3.05) is 13.1 Å². The van der Waals surface area contributed by atoms with Gasteiger partial charge < -0.3 is 4.90 Å². The SMILES string of the molecule is CC1CCN(C(=O)c2ccc(Br)nc2)CC1C. The third kappa shape index (κ3) is 2.86. The highest BCUT2D eigenvalue weighted by Crippen LogP contribution is 2.23. The van der Waals surface area contributed by atoms with Crippen LogP contribution in [-0.2, 0) is 0 Å². The number of halogens is 1. The molecule has 92 valence electrons. The maximum Gasteiger partial charge on any atom is 0.255 e. The van der Waals surface area contributed by atoms with E-state index >= 15 is 0 Å². The number of aromatic nitrogens is 1. The molecule has 2 unspecified atom stereocenters. The van der Waals surface area contributed by atoms with Gasteiger partial charge in [-0.05, 0) is 46.3 Å². The Balaban J connectivity index is 2.08. The molecule has 0 N–H and O–H groups in total. The van der Waals surface area contributed by atoms with E-state index in [0.717, 1.165) is 24.1 Å². The quantitative estimate of drug-likeness (QED) is 0.747. The lowest BCUT2D eigenvalue weighted by molar-refractivity contribution is 0.0627. The fraction of sp³-hybridized carbons (Fsp3) is 0.538. The van der Waals surface area contributed by atoms with Gasteiger partial charge in [-0.25, -0.2) is 4.98 Å². The van der Waals surface area contributed by atoms with Crippen molar-refractivity contribution in [1.29, 1.82) is 0 Å². The van der Waals surface area contributed by atoms with Gasteiger partial charge in [0.2, 0.25) is 0 Å². The van der Waals surface area contributed by atoms with Crippen LogP contribution < -0.4 is 0 Å². The van der Waals surface area contributed by atoms with Crippen LogP contribution in [0.3, 0.4) is 0 Å². The smallest absolute Gasteiger partial charge is 0.255 e. The van der Waals surface area contributed by atoms with Crippen LogP contribution >= 0.6 is 15.9 Å². The first-order valence-electron chi connectivity index (χ1n) is 5.98. The van der Waals surface area contributed by atoms with Crippen molar-refractivity contribution < 1.29 is 4.79 Å². The topological polar surface area (TPSA) is 33.2 Å². The van der Waals surface area contributed by atoms with Crippen LogP contribution in [0.4, 0.5) is 0 Å². The third-order valence-electron chi connectivity index (χ3n) is 3.60. The zero-order valence-electron chi connectivity index (χ0n) is 10.2. The van der Waals surface area contributed by atoms with Crippen molar-refractivity contribution >= 4 is 21.8 Å². The van der Waals surface area contributed by atoms with Gasteiger partial charge in [0.1, 0.15) is 4.60 Å². The van der Waals surface area contributed by atoms with Gasteiger partial charge >= 0.3 is 0 Å². The molecule has 0 aliphatic carbocycles. The van der Waals surface area contributed by atoms with Crippen LogP contribution in [0.25, 0.3) is 0 Å². The Morgan fingerprint density at radius 3 is 2.76 bits per heavy atom. The van der Waals surface area contributed by atoms with Gasteiger partial charge in [0.05, 0.1) is 5.56 Å². The lowest BCUT2D eigenvalue weighted by Gasteiger charge is -2.35. The van der Waals surface area contributed by atoms with Crippen molar-refractivity contribution in [3.63, 3.8) is 0 Å². The summed E-state index contributed by atoms with van der Waals surface area (Å²) < 4.78 is 0.759. The number of likely N-dealkylation sites (tertiary alicyclic amines) is 1. The highest BCUT2D eigenvalue weighted by atomic mass is 79.9. The Morgan fingerprint density at radius 2 is 2.18 bits per heavy atom. The minimum Gasteiger partial charge on any atom is -0.338 e. The molecular weight excluding hydrogens is 280 g/mol. The number of amides is 1. The summed E-state index contributed by atoms with van der Waals surface area (Å²) in [6, 6.07) is 3.63. The lowest BCUT2D eigenvalue weighted by atomic mass is 9.88. The maximum absolute atomic E-state index is 12.2. The molecular formula is C13H17BrN2O. The summed E-state index contributed by atoms with van der Waals surface area (Å²) in [5, 5.41) is 0. The number of nitrogens with zero attached hydrogens (tertiary/aromatic N) is 2. The molecule has 2 heterocycles. The average molecular weight is 297 g/mol. The summed E-state index contributed by atoms with van der Waals surface area (Å²) in [6.45, 7) is 6.19. The summed E-state index contributed by atoms with van der Waals surface area (Å²) in [7, 11) is 0. The number of rotatable bonds is 1. The molecule has 0 spiro atoms. The van der Waals surface area contributed by atoms with Crippen LogP contribution in [0.5, 0.6) is 0 Å². The van der Waals surface area contributed by atoms with Crippen LogP contribution in [0.2, 0.25) is 0 Å². The highest BCUT2D eigenvalue weighted by Gasteiger charge is 2.26. The first-order chi connectivity index (χ1) is 8.08. The second-order valence-electron chi connectivity index (χ2n) is 4.86. The minimum absolute atomic E-state index is 0.101.